The van der Waals surface area contributed by atoms with E-state index in [0.717, 1.165) is 11.3 Å². The molecule has 0 bridgehead atoms. The van der Waals surface area contributed by atoms with Crippen LogP contribution >= 0.6 is 0 Å². The number of hydrogen-bond acceptors (Lipinski definition) is 2. The predicted molar refractivity (Wildman–Crippen MR) is 74.6 cm³/mol. The normalized spacial score (nSPS) is 12.2. The van der Waals surface area contributed by atoms with Crippen molar-refractivity contribution >= 4 is 0 Å². The number of rotatable bonds is 4. The first-order valence-electron chi connectivity index (χ1n) is 6.19. The van der Waals surface area contributed by atoms with Gasteiger partial charge < -0.3 is 10.5 Å². The number of para-hydroxylation sites is 1. The molecular weight excluding hydrogens is 222 g/mol. The van der Waals surface area contributed by atoms with Crippen molar-refractivity contribution in [2.24, 2.45) is 5.73 Å². The topological polar surface area (TPSA) is 35.2 Å². The monoisotopic (exact) mass is 241 g/mol. The van der Waals surface area contributed by atoms with Crippen molar-refractivity contribution in [3.8, 4) is 5.75 Å². The van der Waals surface area contributed by atoms with Crippen molar-refractivity contribution in [3.63, 3.8) is 0 Å². The molecule has 2 N–H and O–H groups in total. The first kappa shape index (κ1) is 12.7. The van der Waals surface area contributed by atoms with Gasteiger partial charge in [0.2, 0.25) is 0 Å². The number of nitrogens with two attached hydrogens (primary N) is 1. The molecule has 2 rings (SSSR count). The molecule has 1 atom stereocenters. The fraction of sp³-hybridized carbons (Fsp3) is 0.250. The van der Waals surface area contributed by atoms with Crippen LogP contribution in [-0.4, -0.2) is 0 Å². The second kappa shape index (κ2) is 5.69. The molecular formula is C16H19NO. The molecule has 94 valence electrons. The van der Waals surface area contributed by atoms with E-state index in [1.807, 2.05) is 37.3 Å². The van der Waals surface area contributed by atoms with E-state index in [4.69, 9.17) is 10.5 Å². The molecule has 2 nitrogen and oxygen atoms in total. The summed E-state index contributed by atoms with van der Waals surface area (Å²) in [6.45, 7) is 4.62. The second-order valence-electron chi connectivity index (χ2n) is 4.60. The molecule has 2 aromatic rings. The summed E-state index contributed by atoms with van der Waals surface area (Å²) in [7, 11) is 0. The van der Waals surface area contributed by atoms with E-state index < -0.39 is 0 Å². The lowest BCUT2D eigenvalue weighted by Crippen LogP contribution is -2.08. The zero-order valence-corrected chi connectivity index (χ0v) is 10.9. The van der Waals surface area contributed by atoms with E-state index in [1.54, 1.807) is 0 Å². The molecule has 0 spiro atoms. The molecule has 0 saturated heterocycles. The van der Waals surface area contributed by atoms with Crippen LogP contribution in [0.25, 0.3) is 0 Å². The maximum absolute atomic E-state index is 5.93. The van der Waals surface area contributed by atoms with Crippen LogP contribution < -0.4 is 10.5 Å². The van der Waals surface area contributed by atoms with E-state index >= 15 is 0 Å². The van der Waals surface area contributed by atoms with Crippen molar-refractivity contribution in [1.82, 2.24) is 0 Å². The maximum atomic E-state index is 5.93. The van der Waals surface area contributed by atoms with E-state index in [9.17, 15) is 0 Å². The lowest BCUT2D eigenvalue weighted by Gasteiger charge is -2.14. The Labute approximate surface area is 108 Å². The molecule has 0 aliphatic rings. The SMILES string of the molecule is Cc1cccc(COc2ccccc2[C@@H](C)N)c1. The largest absolute Gasteiger partial charge is 0.489 e. The quantitative estimate of drug-likeness (QED) is 0.887. The highest BCUT2D eigenvalue weighted by atomic mass is 16.5. The lowest BCUT2D eigenvalue weighted by molar-refractivity contribution is 0.301. The Morgan fingerprint density at radius 1 is 1.11 bits per heavy atom. The van der Waals surface area contributed by atoms with Crippen LogP contribution in [-0.2, 0) is 6.61 Å². The van der Waals surface area contributed by atoms with E-state index in [0.29, 0.717) is 6.61 Å². The minimum Gasteiger partial charge on any atom is -0.489 e. The van der Waals surface area contributed by atoms with Gasteiger partial charge in [0.15, 0.2) is 0 Å². The summed E-state index contributed by atoms with van der Waals surface area (Å²) in [6.07, 6.45) is 0. The van der Waals surface area contributed by atoms with Crippen molar-refractivity contribution in [2.75, 3.05) is 0 Å². The average Bonchev–Trinajstić information content (AvgIpc) is 2.37. The van der Waals surface area contributed by atoms with Crippen LogP contribution in [0.2, 0.25) is 0 Å². The zero-order chi connectivity index (χ0) is 13.0. The van der Waals surface area contributed by atoms with E-state index in [1.165, 1.54) is 11.1 Å². The van der Waals surface area contributed by atoms with E-state index in [2.05, 4.69) is 25.1 Å². The molecule has 0 radical (unpaired) electrons. The average molecular weight is 241 g/mol. The zero-order valence-electron chi connectivity index (χ0n) is 10.9. The standard InChI is InChI=1S/C16H19NO/c1-12-6-5-7-14(10-12)11-18-16-9-4-3-8-15(16)13(2)17/h3-10,13H,11,17H2,1-2H3/t13-/m1/s1. The summed E-state index contributed by atoms with van der Waals surface area (Å²) in [5.41, 5.74) is 9.40. The fourth-order valence-corrected chi connectivity index (χ4v) is 1.95. The Morgan fingerprint density at radius 2 is 1.89 bits per heavy atom. The third-order valence-corrected chi connectivity index (χ3v) is 2.89. The molecule has 0 saturated carbocycles. The summed E-state index contributed by atoms with van der Waals surface area (Å²) >= 11 is 0. The number of benzene rings is 2. The van der Waals surface area contributed by atoms with Gasteiger partial charge in [-0.3, -0.25) is 0 Å². The van der Waals surface area contributed by atoms with Gasteiger partial charge >= 0.3 is 0 Å². The van der Waals surface area contributed by atoms with Crippen molar-refractivity contribution < 1.29 is 4.74 Å². The van der Waals surface area contributed by atoms with Crippen LogP contribution in [0.15, 0.2) is 48.5 Å². The van der Waals surface area contributed by atoms with Gasteiger partial charge in [0.05, 0.1) is 0 Å². The molecule has 18 heavy (non-hydrogen) atoms. The molecule has 2 heteroatoms. The van der Waals surface area contributed by atoms with Crippen molar-refractivity contribution in [2.45, 2.75) is 26.5 Å². The van der Waals surface area contributed by atoms with Gasteiger partial charge in [-0.15, -0.1) is 0 Å². The summed E-state index contributed by atoms with van der Waals surface area (Å²) in [4.78, 5) is 0. The van der Waals surface area contributed by atoms with Gasteiger partial charge in [-0.2, -0.15) is 0 Å². The highest BCUT2D eigenvalue weighted by Crippen LogP contribution is 2.24. The predicted octanol–water partition coefficient (Wildman–Crippen LogP) is 3.59. The highest BCUT2D eigenvalue weighted by Gasteiger charge is 2.07. The maximum Gasteiger partial charge on any atom is 0.124 e. The summed E-state index contributed by atoms with van der Waals surface area (Å²) in [6, 6.07) is 16.3. The molecule has 0 fully saturated rings. The summed E-state index contributed by atoms with van der Waals surface area (Å²) in [5, 5.41) is 0. The van der Waals surface area contributed by atoms with Gasteiger partial charge in [-0.05, 0) is 25.5 Å². The van der Waals surface area contributed by atoms with Gasteiger partial charge in [0, 0.05) is 11.6 Å². The number of ether oxygens (including phenoxy) is 1. The first-order valence-corrected chi connectivity index (χ1v) is 6.19. The van der Waals surface area contributed by atoms with Crippen molar-refractivity contribution in [1.29, 1.82) is 0 Å². The Morgan fingerprint density at radius 3 is 2.61 bits per heavy atom. The Bertz CT molecular complexity index is 520. The molecule has 0 unspecified atom stereocenters. The molecule has 0 heterocycles. The van der Waals surface area contributed by atoms with Crippen LogP contribution in [0.1, 0.15) is 29.7 Å². The first-order chi connectivity index (χ1) is 8.66. The van der Waals surface area contributed by atoms with Gasteiger partial charge in [0.25, 0.3) is 0 Å². The van der Waals surface area contributed by atoms with Crippen LogP contribution in [0.3, 0.4) is 0 Å². The smallest absolute Gasteiger partial charge is 0.124 e. The molecule has 0 aromatic heterocycles. The molecule has 0 aliphatic carbocycles. The number of hydrogen-bond donors (Lipinski definition) is 1. The molecule has 0 amide bonds. The van der Waals surface area contributed by atoms with Crippen LogP contribution in [0, 0.1) is 6.92 Å². The van der Waals surface area contributed by atoms with Crippen LogP contribution in [0.4, 0.5) is 0 Å². The molecule has 2 aromatic carbocycles. The van der Waals surface area contributed by atoms with E-state index in [-0.39, 0.29) is 6.04 Å². The van der Waals surface area contributed by atoms with Gasteiger partial charge in [-0.25, -0.2) is 0 Å². The Balaban J connectivity index is 2.11. The number of aryl methyl sites for hydroxylation is 1. The molecule has 0 aliphatic heterocycles. The fourth-order valence-electron chi connectivity index (χ4n) is 1.95. The highest BCUT2D eigenvalue weighted by molar-refractivity contribution is 5.35. The third-order valence-electron chi connectivity index (χ3n) is 2.89. The van der Waals surface area contributed by atoms with Crippen LogP contribution in [0.5, 0.6) is 5.75 Å². The summed E-state index contributed by atoms with van der Waals surface area (Å²) < 4.78 is 5.86. The van der Waals surface area contributed by atoms with Crippen molar-refractivity contribution in [3.05, 3.63) is 65.2 Å². The Hall–Kier alpha value is -1.80. The third kappa shape index (κ3) is 3.11. The summed E-state index contributed by atoms with van der Waals surface area (Å²) in [5.74, 6) is 0.869. The van der Waals surface area contributed by atoms with Gasteiger partial charge in [-0.1, -0.05) is 48.0 Å². The minimum atomic E-state index is -0.0151. The lowest BCUT2D eigenvalue weighted by atomic mass is 10.1. The second-order valence-corrected chi connectivity index (χ2v) is 4.60. The Kier molecular flexibility index (Phi) is 4.00. The minimum absolute atomic E-state index is 0.0151. The van der Waals surface area contributed by atoms with Gasteiger partial charge in [0.1, 0.15) is 12.4 Å².